The molecular formula is C32H46BrFN2O2S. The first-order valence-corrected chi connectivity index (χ1v) is 15.5. The highest BCUT2D eigenvalue weighted by atomic mass is 79.9. The zero-order valence-electron chi connectivity index (χ0n) is 23.5. The Morgan fingerprint density at radius 2 is 1.51 bits per heavy atom. The first-order chi connectivity index (χ1) is 18.6. The van der Waals surface area contributed by atoms with Gasteiger partial charge in [0.25, 0.3) is 0 Å². The SMILES string of the molecule is Br.CCCCCCCCCCCCCCOc1ccc(CC(=O)Nc2ccc(CN3C=CSC3)cc2)cc1F. The maximum atomic E-state index is 14.5. The van der Waals surface area contributed by atoms with Crippen molar-refractivity contribution in [2.75, 3.05) is 17.8 Å². The smallest absolute Gasteiger partial charge is 0.228 e. The lowest BCUT2D eigenvalue weighted by atomic mass is 10.1. The molecule has 1 aliphatic heterocycles. The van der Waals surface area contributed by atoms with Gasteiger partial charge in [0.15, 0.2) is 11.6 Å². The van der Waals surface area contributed by atoms with Crippen LogP contribution in [0.4, 0.5) is 10.1 Å². The van der Waals surface area contributed by atoms with Gasteiger partial charge in [-0.05, 0) is 47.2 Å². The molecule has 7 heteroatoms. The number of anilines is 1. The number of hydrogen-bond acceptors (Lipinski definition) is 4. The summed E-state index contributed by atoms with van der Waals surface area (Å²) in [6.45, 7) is 3.64. The van der Waals surface area contributed by atoms with Crippen molar-refractivity contribution < 1.29 is 13.9 Å². The number of nitrogens with zero attached hydrogens (tertiary/aromatic N) is 1. The number of halogens is 2. The first kappa shape index (κ1) is 33.2. The van der Waals surface area contributed by atoms with E-state index in [0.717, 1.165) is 31.0 Å². The summed E-state index contributed by atoms with van der Waals surface area (Å²) in [6.07, 6.45) is 17.6. The molecule has 1 aliphatic rings. The number of nitrogens with one attached hydrogen (secondary N) is 1. The molecule has 0 saturated heterocycles. The van der Waals surface area contributed by atoms with Crippen molar-refractivity contribution in [1.29, 1.82) is 0 Å². The van der Waals surface area contributed by atoms with E-state index in [-0.39, 0.29) is 35.1 Å². The summed E-state index contributed by atoms with van der Waals surface area (Å²) in [6, 6.07) is 12.7. The average Bonchev–Trinajstić information content (AvgIpc) is 3.42. The largest absolute Gasteiger partial charge is 0.491 e. The van der Waals surface area contributed by atoms with Crippen molar-refractivity contribution >= 4 is 40.3 Å². The maximum Gasteiger partial charge on any atom is 0.228 e. The van der Waals surface area contributed by atoms with Gasteiger partial charge in [0.1, 0.15) is 0 Å². The second-order valence-corrected chi connectivity index (χ2v) is 11.1. The molecule has 1 heterocycles. The molecule has 0 radical (unpaired) electrons. The molecule has 1 N–H and O–H groups in total. The highest BCUT2D eigenvalue weighted by Crippen LogP contribution is 2.21. The fraction of sp³-hybridized carbons (Fsp3) is 0.531. The Morgan fingerprint density at radius 1 is 0.897 bits per heavy atom. The number of hydrogen-bond donors (Lipinski definition) is 1. The average molecular weight is 622 g/mol. The molecule has 0 aliphatic carbocycles. The first-order valence-electron chi connectivity index (χ1n) is 14.5. The molecular weight excluding hydrogens is 575 g/mol. The van der Waals surface area contributed by atoms with Crippen LogP contribution in [0.15, 0.2) is 54.1 Å². The van der Waals surface area contributed by atoms with E-state index in [4.69, 9.17) is 4.74 Å². The van der Waals surface area contributed by atoms with Gasteiger partial charge in [0.2, 0.25) is 5.91 Å². The van der Waals surface area contributed by atoms with E-state index in [1.54, 1.807) is 23.9 Å². The van der Waals surface area contributed by atoms with Gasteiger partial charge in [-0.15, -0.1) is 28.7 Å². The quantitative estimate of drug-likeness (QED) is 0.159. The molecule has 2 aromatic carbocycles. The molecule has 0 spiro atoms. The predicted molar refractivity (Wildman–Crippen MR) is 169 cm³/mol. The summed E-state index contributed by atoms with van der Waals surface area (Å²) >= 11 is 1.78. The van der Waals surface area contributed by atoms with Crippen molar-refractivity contribution in [3.63, 3.8) is 0 Å². The summed E-state index contributed by atoms with van der Waals surface area (Å²) in [5.74, 6) is 0.658. The minimum Gasteiger partial charge on any atom is -0.491 e. The van der Waals surface area contributed by atoms with E-state index in [1.807, 2.05) is 24.3 Å². The molecule has 0 aromatic heterocycles. The standard InChI is InChI=1S/C32H45FN2O2S.BrH/c1-2-3-4-5-6-7-8-9-10-11-12-13-21-37-31-19-16-28(23-30(31)33)24-32(36)34-29-17-14-27(15-18-29)25-35-20-22-38-26-35;/h14-20,22-23H,2-13,21,24-26H2,1H3,(H,34,36);1H. The predicted octanol–water partition coefficient (Wildman–Crippen LogP) is 9.64. The summed E-state index contributed by atoms with van der Waals surface area (Å²) in [7, 11) is 0. The number of carbonyl (C=O) groups is 1. The van der Waals surface area contributed by atoms with Crippen molar-refractivity contribution in [1.82, 2.24) is 4.90 Å². The summed E-state index contributed by atoms with van der Waals surface area (Å²) in [5.41, 5.74) is 2.57. The summed E-state index contributed by atoms with van der Waals surface area (Å²) < 4.78 is 20.2. The van der Waals surface area contributed by atoms with Gasteiger partial charge < -0.3 is 15.0 Å². The van der Waals surface area contributed by atoms with Crippen LogP contribution < -0.4 is 10.1 Å². The maximum absolute atomic E-state index is 14.5. The Hall–Kier alpha value is -1.99. The molecule has 1 amide bonds. The zero-order valence-corrected chi connectivity index (χ0v) is 26.0. The minimum absolute atomic E-state index is 0. The van der Waals surface area contributed by atoms with Crippen molar-refractivity contribution in [3.8, 4) is 5.75 Å². The molecule has 4 nitrogen and oxygen atoms in total. The monoisotopic (exact) mass is 620 g/mol. The highest BCUT2D eigenvalue weighted by Gasteiger charge is 2.10. The molecule has 0 atom stereocenters. The highest BCUT2D eigenvalue weighted by molar-refractivity contribution is 8.93. The molecule has 3 rings (SSSR count). The zero-order chi connectivity index (χ0) is 26.8. The van der Waals surface area contributed by atoms with E-state index in [0.29, 0.717) is 12.2 Å². The van der Waals surface area contributed by atoms with Crippen LogP contribution >= 0.6 is 28.7 Å². The van der Waals surface area contributed by atoms with E-state index in [1.165, 1.54) is 75.8 Å². The molecule has 2 aromatic rings. The second kappa shape index (κ2) is 20.0. The van der Waals surface area contributed by atoms with E-state index in [2.05, 4.69) is 28.7 Å². The number of amides is 1. The van der Waals surface area contributed by atoms with Gasteiger partial charge in [0.05, 0.1) is 18.9 Å². The van der Waals surface area contributed by atoms with Crippen LogP contribution in [0.5, 0.6) is 5.75 Å². The molecule has 216 valence electrons. The van der Waals surface area contributed by atoms with Gasteiger partial charge >= 0.3 is 0 Å². The third-order valence-corrected chi connectivity index (χ3v) is 7.64. The Morgan fingerprint density at radius 3 is 2.10 bits per heavy atom. The van der Waals surface area contributed by atoms with Gasteiger partial charge in [0, 0.05) is 18.4 Å². The molecule has 0 saturated carbocycles. The van der Waals surface area contributed by atoms with Gasteiger partial charge in [-0.3, -0.25) is 4.79 Å². The number of ether oxygens (including phenoxy) is 1. The second-order valence-electron chi connectivity index (χ2n) is 10.3. The summed E-state index contributed by atoms with van der Waals surface area (Å²) in [4.78, 5) is 14.7. The Balaban J connectivity index is 0.00000533. The fourth-order valence-electron chi connectivity index (χ4n) is 4.62. The van der Waals surface area contributed by atoms with Crippen LogP contribution in [0.1, 0.15) is 95.1 Å². The van der Waals surface area contributed by atoms with Gasteiger partial charge in [-0.25, -0.2) is 4.39 Å². The van der Waals surface area contributed by atoms with Crippen LogP contribution in [-0.4, -0.2) is 23.3 Å². The van der Waals surface area contributed by atoms with Crippen LogP contribution in [-0.2, 0) is 17.8 Å². The topological polar surface area (TPSA) is 41.6 Å². The Kier molecular flexibility index (Phi) is 17.0. The molecule has 0 fully saturated rings. The van der Waals surface area contributed by atoms with E-state index in [9.17, 15) is 9.18 Å². The van der Waals surface area contributed by atoms with Crippen LogP contribution in [0.25, 0.3) is 0 Å². The van der Waals surface area contributed by atoms with Gasteiger partial charge in [-0.1, -0.05) is 95.8 Å². The number of thioether (sulfide) groups is 1. The minimum atomic E-state index is -0.410. The third-order valence-electron chi connectivity index (χ3n) is 6.85. The van der Waals surface area contributed by atoms with Crippen LogP contribution in [0, 0.1) is 5.82 Å². The number of carbonyl (C=O) groups excluding carboxylic acids is 1. The summed E-state index contributed by atoms with van der Waals surface area (Å²) in [5, 5.41) is 4.99. The Bertz CT molecular complexity index is 987. The number of rotatable bonds is 19. The fourth-order valence-corrected chi connectivity index (χ4v) is 5.34. The lowest BCUT2D eigenvalue weighted by molar-refractivity contribution is -0.115. The van der Waals surface area contributed by atoms with E-state index < -0.39 is 5.82 Å². The Labute approximate surface area is 249 Å². The van der Waals surface area contributed by atoms with Crippen molar-refractivity contribution in [3.05, 3.63) is 71.0 Å². The van der Waals surface area contributed by atoms with Crippen LogP contribution in [0.2, 0.25) is 0 Å². The van der Waals surface area contributed by atoms with Crippen molar-refractivity contribution in [2.24, 2.45) is 0 Å². The third kappa shape index (κ3) is 13.8. The molecule has 0 bridgehead atoms. The number of unbranched alkanes of at least 4 members (excludes halogenated alkanes) is 11. The lowest BCUT2D eigenvalue weighted by Gasteiger charge is -2.15. The van der Waals surface area contributed by atoms with Crippen molar-refractivity contribution in [2.45, 2.75) is 96.9 Å². The van der Waals surface area contributed by atoms with Gasteiger partial charge in [-0.2, -0.15) is 0 Å². The number of benzene rings is 2. The normalized spacial score (nSPS) is 12.4. The molecule has 39 heavy (non-hydrogen) atoms. The lowest BCUT2D eigenvalue weighted by Crippen LogP contribution is -2.15. The van der Waals surface area contributed by atoms with Crippen LogP contribution in [0.3, 0.4) is 0 Å². The van der Waals surface area contributed by atoms with E-state index >= 15 is 0 Å². The molecule has 0 unspecified atom stereocenters.